The smallest absolute Gasteiger partial charge is 0.282 e. The fraction of sp³-hybridized carbons (Fsp3) is 0.133. The van der Waals surface area contributed by atoms with E-state index in [1.165, 1.54) is 32.6 Å². The fourth-order valence-corrected chi connectivity index (χ4v) is 1.97. The molecule has 0 aliphatic carbocycles. The van der Waals surface area contributed by atoms with Crippen molar-refractivity contribution < 1.29 is 14.4 Å². The van der Waals surface area contributed by atoms with Crippen molar-refractivity contribution in [2.75, 3.05) is 19.6 Å². The van der Waals surface area contributed by atoms with E-state index in [9.17, 15) is 10.1 Å². The number of anilines is 1. The lowest BCUT2D eigenvalue weighted by Gasteiger charge is -2.08. The third-order valence-electron chi connectivity index (χ3n) is 2.97. The number of rotatable bonds is 6. The van der Waals surface area contributed by atoms with E-state index in [0.29, 0.717) is 16.5 Å². The Kier molecular flexibility index (Phi) is 5.37. The summed E-state index contributed by atoms with van der Waals surface area (Å²) >= 11 is 5.79. The molecule has 0 saturated heterocycles. The third kappa shape index (κ3) is 4.10. The standard InChI is InChI=1S/C15H14ClN3O4/c1-22-14-7-10(13(19(20)21)8-15(14)23-2)9-17-18-12-5-3-11(16)4-6-12/h3-9,18H,1-2H3. The van der Waals surface area contributed by atoms with Gasteiger partial charge in [-0.2, -0.15) is 5.10 Å². The molecule has 2 aromatic carbocycles. The lowest BCUT2D eigenvalue weighted by Crippen LogP contribution is -2.00. The minimum atomic E-state index is -0.508. The first-order chi connectivity index (χ1) is 11.0. The molecule has 0 aliphatic heterocycles. The van der Waals surface area contributed by atoms with Gasteiger partial charge in [0.2, 0.25) is 0 Å². The van der Waals surface area contributed by atoms with E-state index in [0.717, 1.165) is 0 Å². The Morgan fingerprint density at radius 1 is 1.17 bits per heavy atom. The number of ether oxygens (including phenoxy) is 2. The van der Waals surface area contributed by atoms with E-state index in [2.05, 4.69) is 10.5 Å². The van der Waals surface area contributed by atoms with Crippen molar-refractivity contribution in [3.63, 3.8) is 0 Å². The van der Waals surface area contributed by atoms with Crippen LogP contribution in [0.1, 0.15) is 5.56 Å². The van der Waals surface area contributed by atoms with Crippen LogP contribution in [0.15, 0.2) is 41.5 Å². The zero-order valence-electron chi connectivity index (χ0n) is 12.4. The van der Waals surface area contributed by atoms with Crippen LogP contribution in [0.3, 0.4) is 0 Å². The molecule has 0 unspecified atom stereocenters. The average Bonchev–Trinajstić information content (AvgIpc) is 2.55. The predicted molar refractivity (Wildman–Crippen MR) is 88.9 cm³/mol. The number of hydrazone groups is 1. The topological polar surface area (TPSA) is 86.0 Å². The molecule has 0 aliphatic rings. The van der Waals surface area contributed by atoms with Crippen molar-refractivity contribution in [1.82, 2.24) is 0 Å². The highest BCUT2D eigenvalue weighted by molar-refractivity contribution is 6.30. The Morgan fingerprint density at radius 3 is 2.35 bits per heavy atom. The van der Waals surface area contributed by atoms with Gasteiger partial charge in [-0.3, -0.25) is 15.5 Å². The van der Waals surface area contributed by atoms with Gasteiger partial charge in [-0.25, -0.2) is 0 Å². The molecule has 0 atom stereocenters. The van der Waals surface area contributed by atoms with Crippen molar-refractivity contribution in [3.05, 3.63) is 57.1 Å². The molecule has 2 rings (SSSR count). The van der Waals surface area contributed by atoms with Crippen LogP contribution in [0.25, 0.3) is 0 Å². The summed E-state index contributed by atoms with van der Waals surface area (Å²) in [5.74, 6) is 0.660. The van der Waals surface area contributed by atoms with Crippen molar-refractivity contribution in [3.8, 4) is 11.5 Å². The zero-order valence-corrected chi connectivity index (χ0v) is 13.2. The second-order valence-corrected chi connectivity index (χ2v) is 4.84. The summed E-state index contributed by atoms with van der Waals surface area (Å²) < 4.78 is 10.2. The molecule has 120 valence electrons. The first-order valence-electron chi connectivity index (χ1n) is 6.50. The minimum Gasteiger partial charge on any atom is -0.493 e. The number of hydrogen-bond donors (Lipinski definition) is 1. The van der Waals surface area contributed by atoms with Crippen molar-refractivity contribution >= 4 is 29.2 Å². The zero-order chi connectivity index (χ0) is 16.8. The highest BCUT2D eigenvalue weighted by Gasteiger charge is 2.18. The Balaban J connectivity index is 2.28. The monoisotopic (exact) mass is 335 g/mol. The normalized spacial score (nSPS) is 10.6. The van der Waals surface area contributed by atoms with Gasteiger partial charge in [0.05, 0.1) is 42.7 Å². The van der Waals surface area contributed by atoms with Crippen LogP contribution >= 0.6 is 11.6 Å². The molecule has 1 N–H and O–H groups in total. The highest BCUT2D eigenvalue weighted by Crippen LogP contribution is 2.33. The molecule has 0 bridgehead atoms. The molecule has 7 nitrogen and oxygen atoms in total. The summed E-state index contributed by atoms with van der Waals surface area (Å²) in [6.45, 7) is 0. The molecule has 0 radical (unpaired) electrons. The Morgan fingerprint density at radius 2 is 1.78 bits per heavy atom. The number of benzene rings is 2. The summed E-state index contributed by atoms with van der Waals surface area (Å²) in [6.07, 6.45) is 1.34. The molecule has 0 saturated carbocycles. The molecular weight excluding hydrogens is 322 g/mol. The van der Waals surface area contributed by atoms with Crippen LogP contribution in [0.2, 0.25) is 5.02 Å². The summed E-state index contributed by atoms with van der Waals surface area (Å²) in [4.78, 5) is 10.7. The summed E-state index contributed by atoms with van der Waals surface area (Å²) in [5, 5.41) is 15.8. The first-order valence-corrected chi connectivity index (χ1v) is 6.88. The molecule has 23 heavy (non-hydrogen) atoms. The van der Waals surface area contributed by atoms with Gasteiger partial charge in [0.15, 0.2) is 11.5 Å². The van der Waals surface area contributed by atoms with Gasteiger partial charge in [0.1, 0.15) is 0 Å². The summed E-state index contributed by atoms with van der Waals surface area (Å²) in [7, 11) is 2.87. The van der Waals surface area contributed by atoms with Crippen LogP contribution in [0, 0.1) is 10.1 Å². The molecule has 2 aromatic rings. The van der Waals surface area contributed by atoms with Gasteiger partial charge in [0, 0.05) is 5.02 Å². The molecule has 0 aromatic heterocycles. The lowest BCUT2D eigenvalue weighted by molar-refractivity contribution is -0.385. The second-order valence-electron chi connectivity index (χ2n) is 4.40. The number of nitro benzene ring substituents is 1. The van der Waals surface area contributed by atoms with E-state index < -0.39 is 4.92 Å². The largest absolute Gasteiger partial charge is 0.493 e. The average molecular weight is 336 g/mol. The fourth-order valence-electron chi connectivity index (χ4n) is 1.85. The maximum atomic E-state index is 11.2. The van der Waals surface area contributed by atoms with Gasteiger partial charge < -0.3 is 9.47 Å². The van der Waals surface area contributed by atoms with Crippen molar-refractivity contribution in [2.45, 2.75) is 0 Å². The maximum Gasteiger partial charge on any atom is 0.282 e. The van der Waals surface area contributed by atoms with Gasteiger partial charge >= 0.3 is 0 Å². The minimum absolute atomic E-state index is 0.135. The number of nitrogens with zero attached hydrogens (tertiary/aromatic N) is 2. The maximum absolute atomic E-state index is 11.2. The SMILES string of the molecule is COc1cc(C=NNc2ccc(Cl)cc2)c([N+](=O)[O-])cc1OC. The van der Waals surface area contributed by atoms with E-state index in [1.54, 1.807) is 24.3 Å². The number of methoxy groups -OCH3 is 2. The van der Waals surface area contributed by atoms with Crippen LogP contribution in [0.5, 0.6) is 11.5 Å². The van der Waals surface area contributed by atoms with Gasteiger partial charge in [-0.15, -0.1) is 0 Å². The Hall–Kier alpha value is -2.80. The molecule has 0 heterocycles. The number of nitro groups is 1. The van der Waals surface area contributed by atoms with E-state index in [-0.39, 0.29) is 17.0 Å². The summed E-state index contributed by atoms with van der Waals surface area (Å²) in [5.41, 5.74) is 3.62. The molecule has 8 heteroatoms. The van der Waals surface area contributed by atoms with Crippen LogP contribution in [0.4, 0.5) is 11.4 Å². The molecular formula is C15H14ClN3O4. The molecule has 0 fully saturated rings. The number of nitrogens with one attached hydrogen (secondary N) is 1. The van der Waals surface area contributed by atoms with E-state index in [1.807, 2.05) is 0 Å². The van der Waals surface area contributed by atoms with Crippen LogP contribution in [-0.2, 0) is 0 Å². The van der Waals surface area contributed by atoms with Crippen molar-refractivity contribution in [2.24, 2.45) is 5.10 Å². The Bertz CT molecular complexity index is 732. The quantitative estimate of drug-likeness (QED) is 0.494. The van der Waals surface area contributed by atoms with Crippen LogP contribution < -0.4 is 14.9 Å². The van der Waals surface area contributed by atoms with E-state index >= 15 is 0 Å². The first kappa shape index (κ1) is 16.6. The Labute approximate surface area is 137 Å². The summed E-state index contributed by atoms with van der Waals surface area (Å²) in [6, 6.07) is 9.68. The van der Waals surface area contributed by atoms with Gasteiger partial charge in [-0.1, -0.05) is 11.6 Å². The van der Waals surface area contributed by atoms with E-state index in [4.69, 9.17) is 21.1 Å². The predicted octanol–water partition coefficient (Wildman–Crippen LogP) is 3.71. The van der Waals surface area contributed by atoms with Gasteiger partial charge in [-0.05, 0) is 30.3 Å². The second kappa shape index (κ2) is 7.46. The number of hydrogen-bond acceptors (Lipinski definition) is 6. The third-order valence-corrected chi connectivity index (χ3v) is 3.22. The lowest BCUT2D eigenvalue weighted by atomic mass is 10.1. The van der Waals surface area contributed by atoms with Gasteiger partial charge in [0.25, 0.3) is 5.69 Å². The van der Waals surface area contributed by atoms with Crippen LogP contribution in [-0.4, -0.2) is 25.4 Å². The molecule has 0 spiro atoms. The van der Waals surface area contributed by atoms with Crippen molar-refractivity contribution in [1.29, 1.82) is 0 Å². The number of halogens is 1. The highest BCUT2D eigenvalue weighted by atomic mass is 35.5. The molecule has 0 amide bonds.